The van der Waals surface area contributed by atoms with Gasteiger partial charge in [0.05, 0.1) is 34.6 Å². The van der Waals surface area contributed by atoms with Gasteiger partial charge in [0.15, 0.2) is 0 Å². The Balaban J connectivity index is 1.14. The number of aryl methyl sites for hydroxylation is 1. The minimum Gasteiger partial charge on any atom is -0.351 e. The second-order valence-electron chi connectivity index (χ2n) is 11.5. The number of nitrogens with zero attached hydrogens (tertiary/aromatic N) is 8. The van der Waals surface area contributed by atoms with Gasteiger partial charge in [-0.3, -0.25) is 4.90 Å². The van der Waals surface area contributed by atoms with Gasteiger partial charge in [0.25, 0.3) is 0 Å². The summed E-state index contributed by atoms with van der Waals surface area (Å²) in [4.78, 5) is 13.9. The molecule has 6 rings (SSSR count). The van der Waals surface area contributed by atoms with Gasteiger partial charge in [-0.15, -0.1) is 0 Å². The van der Waals surface area contributed by atoms with E-state index in [1.165, 1.54) is 11.8 Å². The number of piperazine rings is 1. The molecule has 11 nitrogen and oxygen atoms in total. The molecular formula is C29H37N9O2S. The number of nitrogens with one attached hydrogen (secondary N) is 1. The summed E-state index contributed by atoms with van der Waals surface area (Å²) in [6.07, 6.45) is 8.09. The second kappa shape index (κ2) is 11.5. The van der Waals surface area contributed by atoms with Crippen LogP contribution in [-0.4, -0.2) is 99.9 Å². The van der Waals surface area contributed by atoms with Crippen LogP contribution in [0.1, 0.15) is 42.4 Å². The Bertz CT molecular complexity index is 1540. The van der Waals surface area contributed by atoms with Crippen molar-refractivity contribution >= 4 is 16.0 Å². The number of hydrogen-bond acceptors (Lipinski definition) is 9. The Kier molecular flexibility index (Phi) is 7.78. The highest BCUT2D eigenvalue weighted by atomic mass is 32.2. The van der Waals surface area contributed by atoms with Crippen LogP contribution in [0.5, 0.6) is 0 Å². The second-order valence-corrected chi connectivity index (χ2v) is 13.7. The summed E-state index contributed by atoms with van der Waals surface area (Å²) in [6, 6.07) is 8.76. The Morgan fingerprint density at radius 1 is 1.05 bits per heavy atom. The normalized spacial score (nSPS) is 19.7. The largest absolute Gasteiger partial charge is 0.351 e. The molecule has 0 radical (unpaired) electrons. The van der Waals surface area contributed by atoms with E-state index in [1.54, 1.807) is 10.5 Å². The zero-order valence-corrected chi connectivity index (χ0v) is 24.5. The first-order valence-electron chi connectivity index (χ1n) is 14.4. The van der Waals surface area contributed by atoms with Gasteiger partial charge in [0, 0.05) is 63.6 Å². The lowest BCUT2D eigenvalue weighted by Gasteiger charge is -2.32. The Hall–Kier alpha value is -3.37. The first-order chi connectivity index (χ1) is 19.8. The monoisotopic (exact) mass is 575 g/mol. The molecule has 12 heteroatoms. The lowest BCUT2D eigenvalue weighted by molar-refractivity contribution is 0.148. The zero-order chi connectivity index (χ0) is 28.6. The van der Waals surface area contributed by atoms with Gasteiger partial charge >= 0.3 is 0 Å². The summed E-state index contributed by atoms with van der Waals surface area (Å²) >= 11 is 0. The number of hydrogen-bond donors (Lipinski definition) is 1. The molecule has 2 aliphatic heterocycles. The van der Waals surface area contributed by atoms with Crippen molar-refractivity contribution in [2.24, 2.45) is 0 Å². The van der Waals surface area contributed by atoms with Gasteiger partial charge in [-0.2, -0.15) is 10.4 Å². The Labute approximate surface area is 241 Å². The molecule has 0 amide bonds. The number of rotatable bonds is 8. The van der Waals surface area contributed by atoms with E-state index in [9.17, 15) is 13.7 Å². The van der Waals surface area contributed by atoms with Crippen molar-refractivity contribution in [1.29, 1.82) is 5.26 Å². The highest BCUT2D eigenvalue weighted by Gasteiger charge is 2.41. The van der Waals surface area contributed by atoms with Crippen molar-refractivity contribution in [2.45, 2.75) is 50.4 Å². The number of sulfonamides is 1. The molecule has 0 spiro atoms. The van der Waals surface area contributed by atoms with Gasteiger partial charge in [0.1, 0.15) is 6.07 Å². The van der Waals surface area contributed by atoms with E-state index in [0.717, 1.165) is 62.4 Å². The smallest absolute Gasteiger partial charge is 0.223 e. The molecule has 0 atom stereocenters. The van der Waals surface area contributed by atoms with Gasteiger partial charge in [-0.05, 0) is 56.8 Å². The molecule has 3 fully saturated rings. The number of aromatic nitrogens is 4. The van der Waals surface area contributed by atoms with E-state index in [1.807, 2.05) is 10.9 Å². The summed E-state index contributed by atoms with van der Waals surface area (Å²) < 4.78 is 28.6. The van der Waals surface area contributed by atoms with Gasteiger partial charge in [-0.1, -0.05) is 12.1 Å². The summed E-state index contributed by atoms with van der Waals surface area (Å²) in [5.74, 6) is 0.430. The standard InChI is InChI=1S/C29H37N9O2S/c1-21-15-22(19-36-13-11-35(2)12-14-36)3-6-27(21)38-20-24(18-32-38)28-23(16-30)17-31-29(34-28)33-25-7-9-37(10-8-25)41(39,40)26-4-5-26/h3,6,15,17-18,20,25-26H,4-5,7-14,19H2,1-2H3,(H,31,33,34). The molecule has 0 unspecified atom stereocenters. The van der Waals surface area contributed by atoms with E-state index < -0.39 is 10.0 Å². The molecule has 0 bridgehead atoms. The minimum absolute atomic E-state index is 0.0659. The third-order valence-electron chi connectivity index (χ3n) is 8.37. The number of likely N-dealkylation sites (N-methyl/N-ethyl adjacent to an activating group) is 1. The molecular weight excluding hydrogens is 538 g/mol. The van der Waals surface area contributed by atoms with E-state index in [2.05, 4.69) is 68.4 Å². The molecule has 216 valence electrons. The van der Waals surface area contributed by atoms with E-state index >= 15 is 0 Å². The fourth-order valence-corrected chi connectivity index (χ4v) is 7.55. The summed E-state index contributed by atoms with van der Waals surface area (Å²) in [7, 11) is -0.977. The number of benzene rings is 1. The van der Waals surface area contributed by atoms with Gasteiger partial charge in [-0.25, -0.2) is 27.4 Å². The number of nitriles is 1. The molecule has 4 heterocycles. The summed E-state index contributed by atoms with van der Waals surface area (Å²) in [5.41, 5.74) is 5.04. The Morgan fingerprint density at radius 3 is 2.49 bits per heavy atom. The van der Waals surface area contributed by atoms with Crippen LogP contribution in [0.25, 0.3) is 16.9 Å². The van der Waals surface area contributed by atoms with Gasteiger partial charge in [0.2, 0.25) is 16.0 Å². The quantitative estimate of drug-likeness (QED) is 0.432. The zero-order valence-electron chi connectivity index (χ0n) is 23.7. The summed E-state index contributed by atoms with van der Waals surface area (Å²) in [5, 5.41) is 17.5. The molecule has 2 aromatic heterocycles. The highest BCUT2D eigenvalue weighted by molar-refractivity contribution is 7.90. The molecule has 1 N–H and O–H groups in total. The van der Waals surface area contributed by atoms with Crippen molar-refractivity contribution in [3.05, 3.63) is 53.5 Å². The molecule has 1 saturated carbocycles. The first-order valence-corrected chi connectivity index (χ1v) is 15.9. The third kappa shape index (κ3) is 6.13. The Morgan fingerprint density at radius 2 is 1.80 bits per heavy atom. The van der Waals surface area contributed by atoms with Crippen LogP contribution in [0.4, 0.5) is 5.95 Å². The fraction of sp³-hybridized carbons (Fsp3) is 0.517. The average Bonchev–Trinajstić information content (AvgIpc) is 3.73. The first kappa shape index (κ1) is 27.8. The molecule has 1 aliphatic carbocycles. The lowest BCUT2D eigenvalue weighted by atomic mass is 10.1. The van der Waals surface area contributed by atoms with Crippen LogP contribution < -0.4 is 5.32 Å². The molecule has 3 aliphatic rings. The van der Waals surface area contributed by atoms with E-state index in [4.69, 9.17) is 0 Å². The predicted molar refractivity (Wildman–Crippen MR) is 157 cm³/mol. The van der Waals surface area contributed by atoms with Crippen LogP contribution >= 0.6 is 0 Å². The molecule has 41 heavy (non-hydrogen) atoms. The van der Waals surface area contributed by atoms with Crippen molar-refractivity contribution < 1.29 is 8.42 Å². The maximum absolute atomic E-state index is 12.6. The molecule has 3 aromatic rings. The summed E-state index contributed by atoms with van der Waals surface area (Å²) in [6.45, 7) is 8.40. The van der Waals surface area contributed by atoms with Crippen LogP contribution in [-0.2, 0) is 16.6 Å². The van der Waals surface area contributed by atoms with Gasteiger partial charge < -0.3 is 10.2 Å². The van der Waals surface area contributed by atoms with Crippen LogP contribution in [0.2, 0.25) is 0 Å². The van der Waals surface area contributed by atoms with Crippen molar-refractivity contribution in [2.75, 3.05) is 51.6 Å². The average molecular weight is 576 g/mol. The van der Waals surface area contributed by atoms with Crippen molar-refractivity contribution in [1.82, 2.24) is 33.9 Å². The number of anilines is 1. The SMILES string of the molecule is Cc1cc(CN2CCN(C)CC2)ccc1-n1cc(-c2nc(NC3CCN(S(=O)(=O)C4CC4)CC3)ncc2C#N)cn1. The van der Waals surface area contributed by atoms with Crippen LogP contribution in [0.3, 0.4) is 0 Å². The van der Waals surface area contributed by atoms with Crippen LogP contribution in [0.15, 0.2) is 36.8 Å². The van der Waals surface area contributed by atoms with Crippen molar-refractivity contribution in [3.63, 3.8) is 0 Å². The molecule has 1 aromatic carbocycles. The number of piperidine rings is 1. The minimum atomic E-state index is -3.15. The third-order valence-corrected chi connectivity index (χ3v) is 10.8. The van der Waals surface area contributed by atoms with Crippen molar-refractivity contribution in [3.8, 4) is 23.0 Å². The maximum atomic E-state index is 12.6. The topological polar surface area (TPSA) is 123 Å². The van der Waals surface area contributed by atoms with E-state index in [0.29, 0.717) is 43.1 Å². The van der Waals surface area contributed by atoms with Crippen LogP contribution in [0, 0.1) is 18.3 Å². The maximum Gasteiger partial charge on any atom is 0.223 e. The fourth-order valence-electron chi connectivity index (χ4n) is 5.68. The van der Waals surface area contributed by atoms with E-state index in [-0.39, 0.29) is 11.3 Å². The molecule has 2 saturated heterocycles. The predicted octanol–water partition coefficient (Wildman–Crippen LogP) is 2.63. The highest BCUT2D eigenvalue weighted by Crippen LogP contribution is 2.33. The lowest BCUT2D eigenvalue weighted by Crippen LogP contribution is -2.43.